The molecule has 0 atom stereocenters. The summed E-state index contributed by atoms with van der Waals surface area (Å²) in [6, 6.07) is 0. The molecule has 0 radical (unpaired) electrons. The van der Waals surface area contributed by atoms with Gasteiger partial charge in [0.05, 0.1) is 25.5 Å². The summed E-state index contributed by atoms with van der Waals surface area (Å²) in [5.74, 6) is 2.04. The van der Waals surface area contributed by atoms with Gasteiger partial charge in [-0.25, -0.2) is 9.97 Å². The molecule has 1 saturated heterocycles. The lowest BCUT2D eigenvalue weighted by molar-refractivity contribution is -0.135. The molecule has 0 unspecified atom stereocenters. The molecule has 0 N–H and O–H groups in total. The third-order valence-electron chi connectivity index (χ3n) is 4.27. The van der Waals surface area contributed by atoms with Crippen LogP contribution < -0.4 is 4.90 Å². The number of aromatic nitrogens is 2. The zero-order chi connectivity index (χ0) is 15.7. The highest BCUT2D eigenvalue weighted by Gasteiger charge is 2.28. The van der Waals surface area contributed by atoms with Crippen LogP contribution in [0.25, 0.3) is 0 Å². The molecule has 0 bridgehead atoms. The van der Waals surface area contributed by atoms with Crippen molar-refractivity contribution in [2.24, 2.45) is 5.92 Å². The normalized spacial score (nSPS) is 18.5. The summed E-state index contributed by atoms with van der Waals surface area (Å²) in [7, 11) is 0. The second-order valence-electron chi connectivity index (χ2n) is 6.28. The van der Waals surface area contributed by atoms with Gasteiger partial charge in [0.25, 0.3) is 0 Å². The molecule has 6 heteroatoms. The Morgan fingerprint density at radius 3 is 2.59 bits per heavy atom. The summed E-state index contributed by atoms with van der Waals surface area (Å²) in [5, 5.41) is 0. The monoisotopic (exact) mass is 304 g/mol. The van der Waals surface area contributed by atoms with Gasteiger partial charge >= 0.3 is 0 Å². The standard InChI is InChI=1S/C16H24N4O2/c1-11(2)16(21)20-5-4-14-13(10-20)15(18-12(3)17-14)19-6-8-22-9-7-19/h11H,4-10H2,1-3H3. The number of aryl methyl sites for hydroxylation is 1. The molecule has 6 nitrogen and oxygen atoms in total. The fourth-order valence-electron chi connectivity index (χ4n) is 3.11. The summed E-state index contributed by atoms with van der Waals surface area (Å²) in [6.07, 6.45) is 0.814. The number of hydrogen-bond acceptors (Lipinski definition) is 5. The molecule has 3 heterocycles. The van der Waals surface area contributed by atoms with Gasteiger partial charge in [-0.15, -0.1) is 0 Å². The first-order chi connectivity index (χ1) is 10.6. The minimum Gasteiger partial charge on any atom is -0.378 e. The quantitative estimate of drug-likeness (QED) is 0.820. The van der Waals surface area contributed by atoms with Crippen molar-refractivity contribution < 1.29 is 9.53 Å². The van der Waals surface area contributed by atoms with Crippen molar-refractivity contribution in [2.75, 3.05) is 37.7 Å². The number of carbonyl (C=O) groups excluding carboxylic acids is 1. The molecule has 1 aromatic rings. The third kappa shape index (κ3) is 2.92. The molecule has 0 spiro atoms. The number of fused-ring (bicyclic) bond motifs is 1. The van der Waals surface area contributed by atoms with Gasteiger partial charge in [-0.05, 0) is 6.92 Å². The molecule has 22 heavy (non-hydrogen) atoms. The van der Waals surface area contributed by atoms with E-state index in [9.17, 15) is 4.79 Å². The predicted octanol–water partition coefficient (Wildman–Crippen LogP) is 1.16. The molecule has 120 valence electrons. The average Bonchev–Trinajstić information content (AvgIpc) is 2.53. The van der Waals surface area contributed by atoms with Gasteiger partial charge in [-0.2, -0.15) is 0 Å². The molecule has 3 rings (SSSR count). The van der Waals surface area contributed by atoms with Gasteiger partial charge < -0.3 is 14.5 Å². The number of ether oxygens (including phenoxy) is 1. The molecule has 1 amide bonds. The van der Waals surface area contributed by atoms with Gasteiger partial charge in [0.15, 0.2) is 0 Å². The fraction of sp³-hybridized carbons (Fsp3) is 0.688. The first-order valence-corrected chi connectivity index (χ1v) is 8.04. The molecule has 1 aromatic heterocycles. The Hall–Kier alpha value is -1.69. The van der Waals surface area contributed by atoms with E-state index in [-0.39, 0.29) is 11.8 Å². The van der Waals surface area contributed by atoms with Crippen molar-refractivity contribution in [1.82, 2.24) is 14.9 Å². The first-order valence-electron chi connectivity index (χ1n) is 8.04. The maximum Gasteiger partial charge on any atom is 0.225 e. The number of rotatable bonds is 2. The average molecular weight is 304 g/mol. The van der Waals surface area contributed by atoms with Crippen LogP contribution in [0, 0.1) is 12.8 Å². The Bertz CT molecular complexity index is 568. The second kappa shape index (κ2) is 6.20. The van der Waals surface area contributed by atoms with Crippen LogP contribution in [0.2, 0.25) is 0 Å². The van der Waals surface area contributed by atoms with Crippen molar-refractivity contribution in [3.8, 4) is 0 Å². The molecule has 0 aromatic carbocycles. The molecular weight excluding hydrogens is 280 g/mol. The predicted molar refractivity (Wildman–Crippen MR) is 83.8 cm³/mol. The van der Waals surface area contributed by atoms with Crippen LogP contribution in [0.15, 0.2) is 0 Å². The van der Waals surface area contributed by atoms with Crippen LogP contribution in [0.5, 0.6) is 0 Å². The van der Waals surface area contributed by atoms with Gasteiger partial charge in [0.2, 0.25) is 5.91 Å². The van der Waals surface area contributed by atoms with E-state index in [1.807, 2.05) is 25.7 Å². The zero-order valence-electron chi connectivity index (χ0n) is 13.6. The number of anilines is 1. The van der Waals surface area contributed by atoms with Crippen LogP contribution >= 0.6 is 0 Å². The Morgan fingerprint density at radius 1 is 1.18 bits per heavy atom. The molecule has 2 aliphatic heterocycles. The number of carbonyl (C=O) groups is 1. The molecular formula is C16H24N4O2. The zero-order valence-corrected chi connectivity index (χ0v) is 13.6. The maximum atomic E-state index is 12.3. The Morgan fingerprint density at radius 2 is 1.91 bits per heavy atom. The second-order valence-corrected chi connectivity index (χ2v) is 6.28. The highest BCUT2D eigenvalue weighted by Crippen LogP contribution is 2.28. The summed E-state index contributed by atoms with van der Waals surface area (Å²) >= 11 is 0. The van der Waals surface area contributed by atoms with Gasteiger partial charge in [-0.3, -0.25) is 4.79 Å². The van der Waals surface area contributed by atoms with E-state index >= 15 is 0 Å². The molecule has 0 saturated carbocycles. The van der Waals surface area contributed by atoms with Crippen LogP contribution in [-0.4, -0.2) is 53.6 Å². The van der Waals surface area contributed by atoms with Gasteiger partial charge in [-0.1, -0.05) is 13.8 Å². The molecule has 2 aliphatic rings. The lowest BCUT2D eigenvalue weighted by Gasteiger charge is -2.35. The summed E-state index contributed by atoms with van der Waals surface area (Å²) in [6.45, 7) is 10.4. The minimum atomic E-state index is 0.0275. The van der Waals surface area contributed by atoms with Crippen LogP contribution in [0.3, 0.4) is 0 Å². The Balaban J connectivity index is 1.92. The largest absolute Gasteiger partial charge is 0.378 e. The van der Waals surface area contributed by atoms with Gasteiger partial charge in [0.1, 0.15) is 11.6 Å². The van der Waals surface area contributed by atoms with Crippen molar-refractivity contribution in [1.29, 1.82) is 0 Å². The van der Waals surface area contributed by atoms with Crippen molar-refractivity contribution in [2.45, 2.75) is 33.7 Å². The summed E-state index contributed by atoms with van der Waals surface area (Å²) in [5.41, 5.74) is 2.22. The molecule has 0 aliphatic carbocycles. The SMILES string of the molecule is Cc1nc2c(c(N3CCOCC3)n1)CN(C(=O)C(C)C)CC2. The van der Waals surface area contributed by atoms with Crippen molar-refractivity contribution in [3.05, 3.63) is 17.1 Å². The van der Waals surface area contributed by atoms with Crippen LogP contribution in [0.4, 0.5) is 5.82 Å². The summed E-state index contributed by atoms with van der Waals surface area (Å²) in [4.78, 5) is 25.8. The minimum absolute atomic E-state index is 0.0275. The number of hydrogen-bond donors (Lipinski definition) is 0. The van der Waals surface area contributed by atoms with E-state index in [0.717, 1.165) is 62.2 Å². The van der Waals surface area contributed by atoms with Crippen molar-refractivity contribution >= 4 is 11.7 Å². The topological polar surface area (TPSA) is 58.6 Å². The van der Waals surface area contributed by atoms with Crippen molar-refractivity contribution in [3.63, 3.8) is 0 Å². The number of morpholine rings is 1. The van der Waals surface area contributed by atoms with E-state index < -0.39 is 0 Å². The number of nitrogens with zero attached hydrogens (tertiary/aromatic N) is 4. The summed E-state index contributed by atoms with van der Waals surface area (Å²) < 4.78 is 5.44. The highest BCUT2D eigenvalue weighted by atomic mass is 16.5. The number of amides is 1. The van der Waals surface area contributed by atoms with E-state index in [4.69, 9.17) is 4.74 Å². The third-order valence-corrected chi connectivity index (χ3v) is 4.27. The molecule has 1 fully saturated rings. The van der Waals surface area contributed by atoms with Crippen LogP contribution in [-0.2, 0) is 22.5 Å². The highest BCUT2D eigenvalue weighted by molar-refractivity contribution is 5.78. The van der Waals surface area contributed by atoms with E-state index in [1.165, 1.54) is 0 Å². The maximum absolute atomic E-state index is 12.3. The van der Waals surface area contributed by atoms with E-state index in [2.05, 4.69) is 14.9 Å². The Kier molecular flexibility index (Phi) is 4.29. The van der Waals surface area contributed by atoms with E-state index in [1.54, 1.807) is 0 Å². The smallest absolute Gasteiger partial charge is 0.225 e. The lowest BCUT2D eigenvalue weighted by atomic mass is 10.0. The van der Waals surface area contributed by atoms with Gasteiger partial charge in [0, 0.05) is 37.5 Å². The Labute approximate surface area is 131 Å². The van der Waals surface area contributed by atoms with Crippen LogP contribution in [0.1, 0.15) is 30.9 Å². The first kappa shape index (κ1) is 15.2. The lowest BCUT2D eigenvalue weighted by Crippen LogP contribution is -2.42. The van der Waals surface area contributed by atoms with E-state index in [0.29, 0.717) is 6.54 Å². The fourth-order valence-corrected chi connectivity index (χ4v) is 3.11.